The molecule has 0 saturated carbocycles. The molecule has 3 rings (SSSR count). The Labute approximate surface area is 135 Å². The van der Waals surface area contributed by atoms with E-state index < -0.39 is 11.1 Å². The summed E-state index contributed by atoms with van der Waals surface area (Å²) in [5, 5.41) is 12.6. The van der Waals surface area contributed by atoms with Gasteiger partial charge in [-0.3, -0.25) is 4.79 Å². The number of fused-ring (bicyclic) bond motifs is 2. The fraction of sp³-hybridized carbons (Fsp3) is 0.529. The van der Waals surface area contributed by atoms with Crippen LogP contribution in [-0.2, 0) is 10.3 Å². The number of likely N-dealkylation sites (tertiary alicyclic amines) is 1. The molecule has 0 atom stereocenters. The second-order valence-corrected chi connectivity index (χ2v) is 7.23. The van der Waals surface area contributed by atoms with Crippen LogP contribution in [0.2, 0.25) is 0 Å². The largest absolute Gasteiger partial charge is 0.508 e. The second-order valence-electron chi connectivity index (χ2n) is 7.23. The van der Waals surface area contributed by atoms with Crippen LogP contribution in [0.3, 0.4) is 0 Å². The van der Waals surface area contributed by atoms with Crippen LogP contribution in [0.4, 0.5) is 4.79 Å². The van der Waals surface area contributed by atoms with Gasteiger partial charge in [0.15, 0.2) is 0 Å². The first kappa shape index (κ1) is 15.6. The Morgan fingerprint density at radius 3 is 2.57 bits per heavy atom. The molecule has 2 amide bonds. The van der Waals surface area contributed by atoms with Crippen molar-refractivity contribution in [1.82, 2.24) is 10.2 Å². The summed E-state index contributed by atoms with van der Waals surface area (Å²) >= 11 is 0. The minimum atomic E-state index is -0.516. The molecule has 23 heavy (non-hydrogen) atoms. The van der Waals surface area contributed by atoms with Crippen LogP contribution < -0.4 is 5.32 Å². The van der Waals surface area contributed by atoms with E-state index in [1.54, 1.807) is 17.0 Å². The number of phenols is 1. The SMILES string of the molecule is CC(C)(C)OC(=O)N1CCC2(CC1)NC(=O)c1cc(O)ccc12. The highest BCUT2D eigenvalue weighted by Gasteiger charge is 2.45. The first-order chi connectivity index (χ1) is 10.7. The number of aromatic hydroxyl groups is 1. The third-order valence-electron chi connectivity index (χ3n) is 4.38. The molecule has 2 aliphatic rings. The van der Waals surface area contributed by atoms with Gasteiger partial charge in [0.05, 0.1) is 5.54 Å². The first-order valence-corrected chi connectivity index (χ1v) is 7.84. The van der Waals surface area contributed by atoms with Crippen LogP contribution in [0.5, 0.6) is 5.75 Å². The van der Waals surface area contributed by atoms with Gasteiger partial charge in [-0.15, -0.1) is 0 Å². The zero-order valence-electron chi connectivity index (χ0n) is 13.7. The first-order valence-electron chi connectivity index (χ1n) is 7.84. The Kier molecular flexibility index (Phi) is 3.50. The lowest BCUT2D eigenvalue weighted by Crippen LogP contribution is -2.51. The number of carbonyl (C=O) groups excluding carboxylic acids is 2. The van der Waals surface area contributed by atoms with Crippen LogP contribution in [0, 0.1) is 0 Å². The van der Waals surface area contributed by atoms with Gasteiger partial charge in [0, 0.05) is 18.7 Å². The van der Waals surface area contributed by atoms with Gasteiger partial charge in [-0.05, 0) is 51.3 Å². The number of benzene rings is 1. The highest BCUT2D eigenvalue weighted by molar-refractivity contribution is 6.00. The van der Waals surface area contributed by atoms with E-state index in [2.05, 4.69) is 5.32 Å². The van der Waals surface area contributed by atoms with Gasteiger partial charge in [0.2, 0.25) is 0 Å². The molecule has 2 heterocycles. The van der Waals surface area contributed by atoms with Crippen molar-refractivity contribution in [3.63, 3.8) is 0 Å². The normalized spacial score (nSPS) is 19.4. The zero-order chi connectivity index (χ0) is 16.8. The van der Waals surface area contributed by atoms with Gasteiger partial charge in [0.1, 0.15) is 11.4 Å². The Bertz CT molecular complexity index is 655. The van der Waals surface area contributed by atoms with E-state index in [1.807, 2.05) is 20.8 Å². The maximum Gasteiger partial charge on any atom is 0.410 e. The van der Waals surface area contributed by atoms with E-state index in [-0.39, 0.29) is 17.7 Å². The zero-order valence-corrected chi connectivity index (χ0v) is 13.7. The van der Waals surface area contributed by atoms with E-state index in [0.717, 1.165) is 5.56 Å². The van der Waals surface area contributed by atoms with Crippen molar-refractivity contribution in [2.24, 2.45) is 0 Å². The predicted octanol–water partition coefficient (Wildman–Crippen LogP) is 2.36. The summed E-state index contributed by atoms with van der Waals surface area (Å²) in [5.74, 6) is -0.0799. The number of hydrogen-bond donors (Lipinski definition) is 2. The third kappa shape index (κ3) is 2.85. The molecule has 0 radical (unpaired) electrons. The number of ether oxygens (including phenoxy) is 1. The monoisotopic (exact) mass is 318 g/mol. The molecule has 0 unspecified atom stereocenters. The lowest BCUT2D eigenvalue weighted by molar-refractivity contribution is 0.0152. The molecule has 6 heteroatoms. The predicted molar refractivity (Wildman–Crippen MR) is 84.3 cm³/mol. The number of piperidine rings is 1. The van der Waals surface area contributed by atoms with Crippen LogP contribution in [0.15, 0.2) is 18.2 Å². The van der Waals surface area contributed by atoms with Crippen molar-refractivity contribution in [1.29, 1.82) is 0 Å². The molecule has 1 saturated heterocycles. The van der Waals surface area contributed by atoms with Crippen molar-refractivity contribution >= 4 is 12.0 Å². The molecule has 1 spiro atoms. The Hall–Kier alpha value is -2.24. The average Bonchev–Trinajstić information content (AvgIpc) is 2.70. The van der Waals surface area contributed by atoms with Crippen LogP contribution >= 0.6 is 0 Å². The summed E-state index contributed by atoms with van der Waals surface area (Å²) in [6.07, 6.45) is 0.952. The van der Waals surface area contributed by atoms with Gasteiger partial charge >= 0.3 is 6.09 Å². The molecular weight excluding hydrogens is 296 g/mol. The molecule has 124 valence electrons. The summed E-state index contributed by atoms with van der Waals surface area (Å²) < 4.78 is 5.40. The maximum absolute atomic E-state index is 12.2. The smallest absolute Gasteiger partial charge is 0.410 e. The molecule has 0 bridgehead atoms. The van der Waals surface area contributed by atoms with Crippen molar-refractivity contribution in [3.05, 3.63) is 29.3 Å². The van der Waals surface area contributed by atoms with Crippen molar-refractivity contribution < 1.29 is 19.4 Å². The summed E-state index contributed by atoms with van der Waals surface area (Å²) in [6, 6.07) is 4.90. The highest BCUT2D eigenvalue weighted by atomic mass is 16.6. The molecule has 1 aromatic rings. The minimum absolute atomic E-state index is 0.0853. The number of nitrogens with zero attached hydrogens (tertiary/aromatic N) is 1. The third-order valence-corrected chi connectivity index (χ3v) is 4.38. The molecule has 0 aromatic heterocycles. The standard InChI is InChI=1S/C17H22N2O4/c1-16(2,3)23-15(22)19-8-6-17(7-9-19)13-5-4-11(20)10-12(13)14(21)18-17/h4-5,10,20H,6-9H2,1-3H3,(H,18,21). The lowest BCUT2D eigenvalue weighted by atomic mass is 9.82. The summed E-state index contributed by atoms with van der Waals surface area (Å²) in [7, 11) is 0. The van der Waals surface area contributed by atoms with Crippen LogP contribution in [-0.4, -0.2) is 40.7 Å². The van der Waals surface area contributed by atoms with Crippen molar-refractivity contribution in [3.8, 4) is 5.75 Å². The van der Waals surface area contributed by atoms with Gasteiger partial charge in [-0.25, -0.2) is 4.79 Å². The van der Waals surface area contributed by atoms with E-state index in [1.165, 1.54) is 6.07 Å². The Balaban J connectivity index is 1.75. The number of carbonyl (C=O) groups is 2. The highest BCUT2D eigenvalue weighted by Crippen LogP contribution is 2.40. The number of amides is 2. The fourth-order valence-corrected chi connectivity index (χ4v) is 3.28. The molecule has 1 aromatic carbocycles. The summed E-state index contributed by atoms with van der Waals surface area (Å²) in [5.41, 5.74) is 0.469. The van der Waals surface area contributed by atoms with Crippen LogP contribution in [0.1, 0.15) is 49.5 Å². The minimum Gasteiger partial charge on any atom is -0.508 e. The lowest BCUT2D eigenvalue weighted by Gasteiger charge is -2.40. The summed E-state index contributed by atoms with van der Waals surface area (Å²) in [6.45, 7) is 6.58. The second kappa shape index (κ2) is 5.15. The summed E-state index contributed by atoms with van der Waals surface area (Å²) in [4.78, 5) is 26.0. The fourth-order valence-electron chi connectivity index (χ4n) is 3.28. The maximum atomic E-state index is 12.2. The number of hydrogen-bond acceptors (Lipinski definition) is 4. The van der Waals surface area contributed by atoms with Gasteiger partial charge in [-0.1, -0.05) is 6.07 Å². The average molecular weight is 318 g/mol. The number of rotatable bonds is 0. The molecule has 2 aliphatic heterocycles. The quantitative estimate of drug-likeness (QED) is 0.770. The van der Waals surface area contributed by atoms with Gasteiger partial charge < -0.3 is 20.1 Å². The van der Waals surface area contributed by atoms with E-state index in [0.29, 0.717) is 31.5 Å². The molecule has 6 nitrogen and oxygen atoms in total. The van der Waals surface area contributed by atoms with Crippen molar-refractivity contribution in [2.45, 2.75) is 44.8 Å². The van der Waals surface area contributed by atoms with E-state index in [4.69, 9.17) is 4.74 Å². The molecule has 2 N–H and O–H groups in total. The number of phenolic OH excluding ortho intramolecular Hbond substituents is 1. The van der Waals surface area contributed by atoms with Crippen molar-refractivity contribution in [2.75, 3.05) is 13.1 Å². The van der Waals surface area contributed by atoms with Crippen LogP contribution in [0.25, 0.3) is 0 Å². The van der Waals surface area contributed by atoms with E-state index >= 15 is 0 Å². The molecular formula is C17H22N2O4. The van der Waals surface area contributed by atoms with E-state index in [9.17, 15) is 14.7 Å². The topological polar surface area (TPSA) is 78.9 Å². The van der Waals surface area contributed by atoms with Gasteiger partial charge in [-0.2, -0.15) is 0 Å². The van der Waals surface area contributed by atoms with Gasteiger partial charge in [0.25, 0.3) is 5.91 Å². The Morgan fingerprint density at radius 1 is 1.30 bits per heavy atom. The number of nitrogens with one attached hydrogen (secondary N) is 1. The molecule has 0 aliphatic carbocycles. The Morgan fingerprint density at radius 2 is 1.96 bits per heavy atom. The molecule has 1 fully saturated rings.